The van der Waals surface area contributed by atoms with Gasteiger partial charge in [-0.2, -0.15) is 0 Å². The van der Waals surface area contributed by atoms with Crippen LogP contribution in [-0.4, -0.2) is 0 Å². The molecule has 1 aliphatic heterocycles. The van der Waals surface area contributed by atoms with Crippen molar-refractivity contribution in [3.8, 4) is 22.3 Å². The van der Waals surface area contributed by atoms with Crippen LogP contribution >= 0.6 is 0 Å². The van der Waals surface area contributed by atoms with E-state index < -0.39 is 5.41 Å². The van der Waals surface area contributed by atoms with E-state index in [1.807, 2.05) is 0 Å². The Kier molecular flexibility index (Phi) is 7.16. The second-order valence-electron chi connectivity index (χ2n) is 14.1. The van der Waals surface area contributed by atoms with Crippen LogP contribution in [0.5, 0.6) is 0 Å². The lowest BCUT2D eigenvalue weighted by molar-refractivity contribution is 0.702. The van der Waals surface area contributed by atoms with Crippen LogP contribution in [0.3, 0.4) is 0 Å². The highest BCUT2D eigenvalue weighted by Crippen LogP contribution is 2.63. The van der Waals surface area contributed by atoms with Gasteiger partial charge in [0.25, 0.3) is 0 Å². The van der Waals surface area contributed by atoms with E-state index in [0.717, 1.165) is 38.5 Å². The Bertz CT molecular complexity index is 2330. The molecule has 1 spiro atoms. The van der Waals surface area contributed by atoms with E-state index >= 15 is 0 Å². The maximum Gasteiger partial charge on any atom is 0.0751 e. The van der Waals surface area contributed by atoms with E-state index in [-0.39, 0.29) is 0 Å². The van der Waals surface area contributed by atoms with Gasteiger partial charge in [0.15, 0.2) is 0 Å². The van der Waals surface area contributed by atoms with Crippen molar-refractivity contribution in [1.82, 2.24) is 0 Å². The summed E-state index contributed by atoms with van der Waals surface area (Å²) in [6, 6.07) is 45.6. The standard InChI is InChI=1S/C49H40N2/c1-4-16-37(17-5-1)50(38-18-6-2-7-19-38)40-31-28-35(29-32-40)36-30-33-42-41-22-10-11-23-43(41)49(46(42)34-36)44-24-12-14-26-47(44)51(39-20-8-3-9-21-39)48-27-15-13-25-45(48)49/h3-4,6,8-14,16-26,28-34H,1-2,5,7,15,27H2. The van der Waals surface area contributed by atoms with Crippen molar-refractivity contribution in [1.29, 1.82) is 0 Å². The summed E-state index contributed by atoms with van der Waals surface area (Å²) in [7, 11) is 0. The third kappa shape index (κ3) is 4.63. The third-order valence-corrected chi connectivity index (χ3v) is 11.4. The lowest BCUT2D eigenvalue weighted by Gasteiger charge is -2.47. The molecule has 10 rings (SSSR count). The number of benzene rings is 5. The minimum absolute atomic E-state index is 0.410. The van der Waals surface area contributed by atoms with Crippen molar-refractivity contribution < 1.29 is 0 Å². The zero-order valence-electron chi connectivity index (χ0n) is 28.8. The Morgan fingerprint density at radius 1 is 0.510 bits per heavy atom. The second-order valence-corrected chi connectivity index (χ2v) is 14.1. The maximum atomic E-state index is 2.53. The first kappa shape index (κ1) is 30.0. The quantitative estimate of drug-likeness (QED) is 0.186. The van der Waals surface area contributed by atoms with E-state index in [2.05, 4.69) is 180 Å². The number of nitrogens with zero attached hydrogens (tertiary/aromatic N) is 2. The van der Waals surface area contributed by atoms with Gasteiger partial charge >= 0.3 is 0 Å². The highest BCUT2D eigenvalue weighted by atomic mass is 15.2. The predicted octanol–water partition coefficient (Wildman–Crippen LogP) is 12.7. The highest BCUT2D eigenvalue weighted by molar-refractivity contribution is 5.93. The van der Waals surface area contributed by atoms with Crippen LogP contribution in [0.25, 0.3) is 22.3 Å². The van der Waals surface area contributed by atoms with Crippen LogP contribution in [0.15, 0.2) is 193 Å². The summed E-state index contributed by atoms with van der Waals surface area (Å²) in [4.78, 5) is 4.95. The summed E-state index contributed by atoms with van der Waals surface area (Å²) >= 11 is 0. The molecule has 2 nitrogen and oxygen atoms in total. The lowest BCUT2D eigenvalue weighted by Crippen LogP contribution is -2.39. The van der Waals surface area contributed by atoms with Gasteiger partial charge in [0.1, 0.15) is 0 Å². The van der Waals surface area contributed by atoms with Gasteiger partial charge in [0, 0.05) is 28.5 Å². The first-order valence-electron chi connectivity index (χ1n) is 18.6. The van der Waals surface area contributed by atoms with Gasteiger partial charge < -0.3 is 9.80 Å². The van der Waals surface area contributed by atoms with Gasteiger partial charge in [-0.25, -0.2) is 0 Å². The molecule has 0 amide bonds. The average Bonchev–Trinajstić information content (AvgIpc) is 3.50. The second kappa shape index (κ2) is 12.2. The summed E-state index contributed by atoms with van der Waals surface area (Å²) in [6.45, 7) is 0. The first-order valence-corrected chi connectivity index (χ1v) is 18.6. The van der Waals surface area contributed by atoms with E-state index in [0.29, 0.717) is 0 Å². The molecule has 0 saturated heterocycles. The molecule has 1 heterocycles. The topological polar surface area (TPSA) is 6.48 Å². The van der Waals surface area contributed by atoms with Crippen molar-refractivity contribution in [3.05, 3.63) is 209 Å². The van der Waals surface area contributed by atoms with Gasteiger partial charge in [0.2, 0.25) is 0 Å². The van der Waals surface area contributed by atoms with E-state index in [9.17, 15) is 0 Å². The Hall–Kier alpha value is -5.86. The maximum absolute atomic E-state index is 2.53. The number of para-hydroxylation sites is 2. The monoisotopic (exact) mass is 656 g/mol. The lowest BCUT2D eigenvalue weighted by atomic mass is 9.63. The molecule has 1 atom stereocenters. The molecule has 4 aliphatic carbocycles. The third-order valence-electron chi connectivity index (χ3n) is 11.4. The zero-order valence-corrected chi connectivity index (χ0v) is 28.8. The van der Waals surface area contributed by atoms with Crippen molar-refractivity contribution in [2.75, 3.05) is 9.80 Å². The fraction of sp³-hybridized carbons (Fsp3) is 0.143. The largest absolute Gasteiger partial charge is 0.314 e. The van der Waals surface area contributed by atoms with Crippen LogP contribution in [-0.2, 0) is 5.41 Å². The summed E-state index contributed by atoms with van der Waals surface area (Å²) in [5.41, 5.74) is 17.8. The molecule has 5 aromatic rings. The molecule has 5 aliphatic rings. The van der Waals surface area contributed by atoms with Crippen molar-refractivity contribution >= 4 is 17.1 Å². The van der Waals surface area contributed by atoms with Crippen molar-refractivity contribution in [2.24, 2.45) is 0 Å². The number of fused-ring (bicyclic) bond motifs is 8. The molecular weight excluding hydrogens is 617 g/mol. The molecule has 0 bridgehead atoms. The Labute approximate surface area is 301 Å². The van der Waals surface area contributed by atoms with Crippen molar-refractivity contribution in [2.45, 2.75) is 43.9 Å². The number of hydrogen-bond donors (Lipinski definition) is 0. The normalized spacial score (nSPS) is 19.6. The molecule has 1 unspecified atom stereocenters. The van der Waals surface area contributed by atoms with Gasteiger partial charge in [-0.15, -0.1) is 0 Å². The van der Waals surface area contributed by atoms with E-state index in [1.165, 1.54) is 78.7 Å². The Morgan fingerprint density at radius 3 is 1.90 bits per heavy atom. The molecule has 0 radical (unpaired) electrons. The molecule has 2 heteroatoms. The SMILES string of the molecule is C1=CC(N(C2=CCCC=C2)c2ccc(-c3ccc4c(c3)C3(C5=C(CCC=C5)N(c5ccccc5)c5ccccc53)c3ccccc3-4)cc2)=CCC1. The first-order chi connectivity index (χ1) is 25.3. The van der Waals surface area contributed by atoms with Gasteiger partial charge in [-0.05, 0) is 132 Å². The van der Waals surface area contributed by atoms with Crippen molar-refractivity contribution in [3.63, 3.8) is 0 Å². The van der Waals surface area contributed by atoms with Gasteiger partial charge in [0.05, 0.1) is 11.1 Å². The molecule has 5 aromatic carbocycles. The summed E-state index contributed by atoms with van der Waals surface area (Å²) in [5, 5.41) is 0. The van der Waals surface area contributed by atoms with Gasteiger partial charge in [-0.3, -0.25) is 0 Å². The van der Waals surface area contributed by atoms with E-state index in [4.69, 9.17) is 0 Å². The molecule has 246 valence electrons. The number of rotatable bonds is 5. The Balaban J connectivity index is 1.15. The fourth-order valence-electron chi connectivity index (χ4n) is 9.19. The van der Waals surface area contributed by atoms with E-state index in [1.54, 1.807) is 0 Å². The van der Waals surface area contributed by atoms with Crippen LogP contribution in [0.1, 0.15) is 55.2 Å². The molecule has 0 N–H and O–H groups in total. The van der Waals surface area contributed by atoms with Crippen LogP contribution in [0, 0.1) is 0 Å². The fourth-order valence-corrected chi connectivity index (χ4v) is 9.19. The Morgan fingerprint density at radius 2 is 1.16 bits per heavy atom. The minimum atomic E-state index is -0.410. The van der Waals surface area contributed by atoms with Gasteiger partial charge in [-0.1, -0.05) is 121 Å². The molecule has 51 heavy (non-hydrogen) atoms. The average molecular weight is 657 g/mol. The molecular formula is C49H40N2. The molecule has 0 aromatic heterocycles. The summed E-state index contributed by atoms with van der Waals surface area (Å²) in [5.74, 6) is 0. The number of anilines is 3. The smallest absolute Gasteiger partial charge is 0.0751 e. The summed E-state index contributed by atoms with van der Waals surface area (Å²) in [6.07, 6.45) is 25.2. The highest BCUT2D eigenvalue weighted by Gasteiger charge is 2.52. The van der Waals surface area contributed by atoms with Crippen LogP contribution in [0.2, 0.25) is 0 Å². The molecule has 0 fully saturated rings. The van der Waals surface area contributed by atoms with Crippen LogP contribution in [0.4, 0.5) is 17.1 Å². The number of allylic oxidation sites excluding steroid dienone is 10. The number of hydrogen-bond acceptors (Lipinski definition) is 2. The zero-order chi connectivity index (χ0) is 33.8. The van der Waals surface area contributed by atoms with Crippen LogP contribution < -0.4 is 9.80 Å². The molecule has 0 saturated carbocycles. The summed E-state index contributed by atoms with van der Waals surface area (Å²) < 4.78 is 0. The minimum Gasteiger partial charge on any atom is -0.314 e. The predicted molar refractivity (Wildman–Crippen MR) is 213 cm³/mol.